The van der Waals surface area contributed by atoms with E-state index < -0.39 is 5.54 Å². The van der Waals surface area contributed by atoms with Gasteiger partial charge in [0.1, 0.15) is 11.2 Å². The third-order valence-corrected chi connectivity index (χ3v) is 6.66. The van der Waals surface area contributed by atoms with Gasteiger partial charge in [-0.05, 0) is 56.9 Å². The maximum absolute atomic E-state index is 13.8. The molecule has 0 fully saturated rings. The van der Waals surface area contributed by atoms with Crippen molar-refractivity contribution in [2.45, 2.75) is 65.3 Å². The SMILES string of the molecule is CCc1ccc(CN2C(=O)c3cc4ccccc4n3C[C@]2(C)C(=O)NCCCOC(C)C)cc1. The van der Waals surface area contributed by atoms with E-state index in [-0.39, 0.29) is 17.9 Å². The van der Waals surface area contributed by atoms with Crippen LogP contribution in [-0.2, 0) is 29.0 Å². The third-order valence-electron chi connectivity index (χ3n) is 6.66. The number of para-hydroxylation sites is 1. The van der Waals surface area contributed by atoms with Gasteiger partial charge in [-0.2, -0.15) is 0 Å². The summed E-state index contributed by atoms with van der Waals surface area (Å²) >= 11 is 0. The van der Waals surface area contributed by atoms with Crippen LogP contribution >= 0.6 is 0 Å². The molecule has 0 unspecified atom stereocenters. The van der Waals surface area contributed by atoms with Crippen molar-refractivity contribution in [2.75, 3.05) is 13.2 Å². The third kappa shape index (κ3) is 4.73. The molecule has 0 spiro atoms. The number of hydrogen-bond donors (Lipinski definition) is 1. The summed E-state index contributed by atoms with van der Waals surface area (Å²) < 4.78 is 7.59. The summed E-state index contributed by atoms with van der Waals surface area (Å²) in [6.45, 7) is 9.88. The molecule has 2 heterocycles. The van der Waals surface area contributed by atoms with E-state index >= 15 is 0 Å². The predicted octanol–water partition coefficient (Wildman–Crippen LogP) is 4.55. The van der Waals surface area contributed by atoms with Gasteiger partial charge in [0.25, 0.3) is 5.91 Å². The molecule has 6 heteroatoms. The molecule has 0 radical (unpaired) electrons. The summed E-state index contributed by atoms with van der Waals surface area (Å²) in [6.07, 6.45) is 1.85. The summed E-state index contributed by atoms with van der Waals surface area (Å²) in [5, 5.41) is 4.07. The fourth-order valence-corrected chi connectivity index (χ4v) is 4.60. The molecule has 1 aliphatic rings. The number of hydrogen-bond acceptors (Lipinski definition) is 3. The molecule has 1 atom stereocenters. The molecule has 0 bridgehead atoms. The molecule has 2 amide bonds. The Morgan fingerprint density at radius 3 is 2.53 bits per heavy atom. The number of rotatable bonds is 9. The van der Waals surface area contributed by atoms with Crippen LogP contribution in [0.3, 0.4) is 0 Å². The zero-order chi connectivity index (χ0) is 24.3. The summed E-state index contributed by atoms with van der Waals surface area (Å²) in [5.41, 5.74) is 2.84. The maximum atomic E-state index is 13.8. The molecule has 0 aliphatic carbocycles. The van der Waals surface area contributed by atoms with Crippen molar-refractivity contribution >= 4 is 22.7 Å². The topological polar surface area (TPSA) is 63.6 Å². The predicted molar refractivity (Wildman–Crippen MR) is 135 cm³/mol. The molecule has 1 N–H and O–H groups in total. The lowest BCUT2D eigenvalue weighted by Crippen LogP contribution is -2.63. The van der Waals surface area contributed by atoms with E-state index in [1.165, 1.54) is 5.56 Å². The van der Waals surface area contributed by atoms with Crippen molar-refractivity contribution in [1.29, 1.82) is 0 Å². The molecule has 1 aromatic heterocycles. The van der Waals surface area contributed by atoms with E-state index in [0.717, 1.165) is 29.3 Å². The zero-order valence-electron chi connectivity index (χ0n) is 20.6. The van der Waals surface area contributed by atoms with Crippen molar-refractivity contribution in [3.05, 3.63) is 71.4 Å². The van der Waals surface area contributed by atoms with Crippen LogP contribution in [-0.4, -0.2) is 46.1 Å². The van der Waals surface area contributed by atoms with Crippen molar-refractivity contribution in [3.8, 4) is 0 Å². The highest BCUT2D eigenvalue weighted by atomic mass is 16.5. The van der Waals surface area contributed by atoms with E-state index in [1.807, 2.05) is 55.7 Å². The quantitative estimate of drug-likeness (QED) is 0.476. The van der Waals surface area contributed by atoms with Crippen LogP contribution in [0.15, 0.2) is 54.6 Å². The molecule has 2 aromatic carbocycles. The van der Waals surface area contributed by atoms with Crippen molar-refractivity contribution < 1.29 is 14.3 Å². The fourth-order valence-electron chi connectivity index (χ4n) is 4.60. The minimum atomic E-state index is -1.02. The first-order valence-electron chi connectivity index (χ1n) is 12.2. The Morgan fingerprint density at radius 1 is 1.12 bits per heavy atom. The van der Waals surface area contributed by atoms with Crippen LogP contribution in [0.4, 0.5) is 0 Å². The number of carbonyl (C=O) groups excluding carboxylic acids is 2. The first-order valence-corrected chi connectivity index (χ1v) is 12.2. The molecular formula is C28H35N3O3. The van der Waals surface area contributed by atoms with Crippen molar-refractivity contribution in [3.63, 3.8) is 0 Å². The number of carbonyl (C=O) groups is 2. The Morgan fingerprint density at radius 2 is 1.82 bits per heavy atom. The number of amides is 2. The van der Waals surface area contributed by atoms with Crippen LogP contribution in [0.2, 0.25) is 0 Å². The van der Waals surface area contributed by atoms with E-state index in [1.54, 1.807) is 4.90 Å². The highest BCUT2D eigenvalue weighted by Gasteiger charge is 2.47. The van der Waals surface area contributed by atoms with E-state index in [9.17, 15) is 9.59 Å². The molecule has 3 aromatic rings. The summed E-state index contributed by atoms with van der Waals surface area (Å²) in [6, 6.07) is 18.2. The standard InChI is InChI=1S/C28H35N3O3/c1-5-21-11-13-22(14-12-21)18-31-26(32)25-17-23-9-6-7-10-24(23)30(25)19-28(31,4)27(33)29-15-8-16-34-20(2)3/h6-7,9-14,17,20H,5,8,15-16,18-19H2,1-4H3,(H,29,33)/t28-/m1/s1. The Kier molecular flexibility index (Phi) is 7.08. The van der Waals surface area contributed by atoms with E-state index in [2.05, 4.69) is 36.5 Å². The highest BCUT2D eigenvalue weighted by Crippen LogP contribution is 2.33. The van der Waals surface area contributed by atoms with Crippen molar-refractivity contribution in [1.82, 2.24) is 14.8 Å². The molecule has 4 rings (SSSR count). The highest BCUT2D eigenvalue weighted by molar-refractivity contribution is 6.03. The van der Waals surface area contributed by atoms with E-state index in [0.29, 0.717) is 31.9 Å². The number of benzene rings is 2. The lowest BCUT2D eigenvalue weighted by molar-refractivity contribution is -0.133. The number of nitrogens with zero attached hydrogens (tertiary/aromatic N) is 2. The first kappa shape index (κ1) is 24.0. The number of aryl methyl sites for hydroxylation is 1. The monoisotopic (exact) mass is 461 g/mol. The molecule has 1 aliphatic heterocycles. The number of nitrogens with one attached hydrogen (secondary N) is 1. The number of aromatic nitrogens is 1. The van der Waals surface area contributed by atoms with Gasteiger partial charge in [-0.3, -0.25) is 9.59 Å². The average Bonchev–Trinajstić information content (AvgIpc) is 3.20. The van der Waals surface area contributed by atoms with Gasteiger partial charge in [-0.25, -0.2) is 0 Å². The second-order valence-corrected chi connectivity index (χ2v) is 9.54. The molecule has 34 heavy (non-hydrogen) atoms. The largest absolute Gasteiger partial charge is 0.379 e. The lowest BCUT2D eigenvalue weighted by atomic mass is 9.93. The molecule has 0 saturated heterocycles. The lowest BCUT2D eigenvalue weighted by Gasteiger charge is -2.44. The van der Waals surface area contributed by atoms with Gasteiger partial charge in [0.05, 0.1) is 12.6 Å². The fraction of sp³-hybridized carbons (Fsp3) is 0.429. The van der Waals surface area contributed by atoms with Crippen LogP contribution < -0.4 is 5.32 Å². The first-order chi connectivity index (χ1) is 16.3. The van der Waals surface area contributed by atoms with E-state index in [4.69, 9.17) is 4.74 Å². The second kappa shape index (κ2) is 10.0. The normalized spacial score (nSPS) is 17.9. The van der Waals surface area contributed by atoms with Gasteiger partial charge < -0.3 is 19.5 Å². The van der Waals surface area contributed by atoms with Gasteiger partial charge >= 0.3 is 0 Å². The second-order valence-electron chi connectivity index (χ2n) is 9.54. The zero-order valence-corrected chi connectivity index (χ0v) is 20.6. The van der Waals surface area contributed by atoms with Gasteiger partial charge in [0.2, 0.25) is 5.91 Å². The Balaban J connectivity index is 1.63. The Hall–Kier alpha value is -3.12. The molecule has 180 valence electrons. The van der Waals surface area contributed by atoms with Crippen molar-refractivity contribution in [2.24, 2.45) is 0 Å². The summed E-state index contributed by atoms with van der Waals surface area (Å²) in [4.78, 5) is 29.1. The summed E-state index contributed by atoms with van der Waals surface area (Å²) in [7, 11) is 0. The molecular weight excluding hydrogens is 426 g/mol. The maximum Gasteiger partial charge on any atom is 0.271 e. The van der Waals surface area contributed by atoms with Gasteiger partial charge in [-0.15, -0.1) is 0 Å². The van der Waals surface area contributed by atoms with Gasteiger partial charge in [0, 0.05) is 30.6 Å². The number of ether oxygens (including phenoxy) is 1. The average molecular weight is 462 g/mol. The minimum absolute atomic E-state index is 0.122. The molecule has 6 nitrogen and oxygen atoms in total. The summed E-state index contributed by atoms with van der Waals surface area (Å²) in [5.74, 6) is -0.262. The van der Waals surface area contributed by atoms with Gasteiger partial charge in [0.15, 0.2) is 0 Å². The minimum Gasteiger partial charge on any atom is -0.379 e. The van der Waals surface area contributed by atoms with Gasteiger partial charge in [-0.1, -0.05) is 49.4 Å². The number of fused-ring (bicyclic) bond motifs is 3. The smallest absolute Gasteiger partial charge is 0.271 e. The van der Waals surface area contributed by atoms with Crippen LogP contribution in [0.1, 0.15) is 55.7 Å². The molecule has 0 saturated carbocycles. The van der Waals surface area contributed by atoms with Crippen LogP contribution in [0.25, 0.3) is 10.9 Å². The Bertz CT molecular complexity index is 1170. The van der Waals surface area contributed by atoms with Crippen LogP contribution in [0, 0.1) is 0 Å². The van der Waals surface area contributed by atoms with Crippen LogP contribution in [0.5, 0.6) is 0 Å². The Labute approximate surface area is 201 Å².